The van der Waals surface area contributed by atoms with E-state index in [-0.39, 0.29) is 11.5 Å². The first kappa shape index (κ1) is 24.1. The predicted octanol–water partition coefficient (Wildman–Crippen LogP) is 4.46. The largest absolute Gasteiger partial charge is 0.444 e. The van der Waals surface area contributed by atoms with Gasteiger partial charge in [0.25, 0.3) is 0 Å². The molecule has 0 radical (unpaired) electrons. The van der Waals surface area contributed by atoms with Crippen molar-refractivity contribution in [3.8, 4) is 23.5 Å². The maximum atomic E-state index is 12.9. The van der Waals surface area contributed by atoms with Gasteiger partial charge < -0.3 is 10.1 Å². The summed E-state index contributed by atoms with van der Waals surface area (Å²) in [5.41, 5.74) is 1.78. The Morgan fingerprint density at radius 2 is 2.00 bits per heavy atom. The van der Waals surface area contributed by atoms with E-state index in [9.17, 15) is 9.59 Å². The number of hydrogen-bond donors (Lipinski definition) is 1. The number of terminal acetylenes is 1. The van der Waals surface area contributed by atoms with E-state index in [0.29, 0.717) is 10.6 Å². The number of ether oxygens (including phenoxy) is 1. The molecule has 2 aromatic heterocycles. The van der Waals surface area contributed by atoms with Crippen molar-refractivity contribution in [1.29, 1.82) is 0 Å². The summed E-state index contributed by atoms with van der Waals surface area (Å²) in [6, 6.07) is 6.57. The van der Waals surface area contributed by atoms with Crippen molar-refractivity contribution < 1.29 is 14.3 Å². The van der Waals surface area contributed by atoms with Crippen LogP contribution in [0.3, 0.4) is 0 Å². The van der Waals surface area contributed by atoms with Gasteiger partial charge in [-0.2, -0.15) is 5.10 Å². The van der Waals surface area contributed by atoms with Crippen LogP contribution < -0.4 is 5.32 Å². The number of carbonyl (C=O) groups excluding carboxylic acids is 2. The molecule has 0 aliphatic carbocycles. The van der Waals surface area contributed by atoms with Crippen molar-refractivity contribution in [3.63, 3.8) is 0 Å². The lowest BCUT2D eigenvalue weighted by molar-refractivity contribution is -0.120. The zero-order chi connectivity index (χ0) is 24.5. The third kappa shape index (κ3) is 5.10. The van der Waals surface area contributed by atoms with E-state index in [2.05, 4.69) is 21.3 Å². The van der Waals surface area contributed by atoms with Gasteiger partial charge in [0.05, 0.1) is 16.7 Å². The summed E-state index contributed by atoms with van der Waals surface area (Å²) >= 11 is 6.57. The molecule has 9 heteroatoms. The number of amides is 2. The minimum Gasteiger partial charge on any atom is -0.444 e. The van der Waals surface area contributed by atoms with Crippen LogP contribution in [0.25, 0.3) is 22.0 Å². The highest BCUT2D eigenvalue weighted by atomic mass is 35.5. The van der Waals surface area contributed by atoms with Gasteiger partial charge in [0.1, 0.15) is 23.2 Å². The maximum Gasteiger partial charge on any atom is 0.410 e. The number of benzene rings is 1. The summed E-state index contributed by atoms with van der Waals surface area (Å²) < 4.78 is 7.08. The van der Waals surface area contributed by atoms with Gasteiger partial charge >= 0.3 is 6.09 Å². The average Bonchev–Trinajstić information content (AvgIpc) is 3.13. The number of nitrogens with one attached hydrogen (secondary N) is 1. The Morgan fingerprint density at radius 1 is 1.30 bits per heavy atom. The van der Waals surface area contributed by atoms with Crippen LogP contribution in [0.5, 0.6) is 0 Å². The van der Waals surface area contributed by atoms with E-state index in [1.165, 1.54) is 11.9 Å². The van der Waals surface area contributed by atoms with E-state index in [1.807, 2.05) is 25.2 Å². The number of rotatable bonds is 4. The van der Waals surface area contributed by atoms with Gasteiger partial charge in [0.15, 0.2) is 0 Å². The standard InChI is InChI=1S/C24H26ClN5O3/c1-8-18-20(25)17(16-11-9-10-15-13-26-30(7)21(15)16)12-19(27-18)28-22(31)14(2)29(6)23(32)33-24(3,4)5/h1,9-14H,2-7H3,(H,27,28,31). The van der Waals surface area contributed by atoms with Crippen molar-refractivity contribution in [1.82, 2.24) is 19.7 Å². The second-order valence-corrected chi connectivity index (χ2v) is 9.01. The minimum atomic E-state index is -0.824. The van der Waals surface area contributed by atoms with Gasteiger partial charge in [0.2, 0.25) is 5.91 Å². The van der Waals surface area contributed by atoms with E-state index >= 15 is 0 Å². The third-order valence-corrected chi connectivity index (χ3v) is 5.42. The Bertz CT molecular complexity index is 1270. The number of aryl methyl sites for hydroxylation is 1. The highest BCUT2D eigenvalue weighted by molar-refractivity contribution is 6.34. The summed E-state index contributed by atoms with van der Waals surface area (Å²) in [7, 11) is 3.33. The van der Waals surface area contributed by atoms with Crippen LogP contribution in [0.4, 0.5) is 10.6 Å². The minimum absolute atomic E-state index is 0.191. The number of aromatic nitrogens is 3. The number of halogens is 1. The third-order valence-electron chi connectivity index (χ3n) is 5.04. The molecule has 172 valence electrons. The van der Waals surface area contributed by atoms with E-state index < -0.39 is 23.6 Å². The van der Waals surface area contributed by atoms with E-state index in [4.69, 9.17) is 22.8 Å². The average molecular weight is 468 g/mol. The number of nitrogens with zero attached hydrogens (tertiary/aromatic N) is 4. The number of likely N-dealkylation sites (N-methyl/N-ethyl adjacent to an activating group) is 1. The van der Waals surface area contributed by atoms with Crippen LogP contribution in [0.2, 0.25) is 5.02 Å². The molecule has 1 unspecified atom stereocenters. The van der Waals surface area contributed by atoms with Gasteiger partial charge in [0, 0.05) is 30.6 Å². The number of para-hydroxylation sites is 1. The quantitative estimate of drug-likeness (QED) is 0.572. The molecule has 1 N–H and O–H groups in total. The molecular formula is C24H26ClN5O3. The SMILES string of the molecule is C#Cc1nc(NC(=O)C(C)N(C)C(=O)OC(C)(C)C)cc(-c2cccc3cnn(C)c23)c1Cl. The molecule has 3 rings (SSSR count). The van der Waals surface area contributed by atoms with Crippen LogP contribution in [0.15, 0.2) is 30.5 Å². The van der Waals surface area contributed by atoms with Crippen molar-refractivity contribution in [2.24, 2.45) is 7.05 Å². The molecule has 0 spiro atoms. The van der Waals surface area contributed by atoms with Crippen LogP contribution in [-0.4, -0.2) is 50.4 Å². The number of hydrogen-bond acceptors (Lipinski definition) is 5. The molecule has 8 nitrogen and oxygen atoms in total. The Balaban J connectivity index is 1.95. The van der Waals surface area contributed by atoms with Crippen molar-refractivity contribution in [2.45, 2.75) is 39.3 Å². The fraction of sp³-hybridized carbons (Fsp3) is 0.333. The van der Waals surface area contributed by atoms with Crippen LogP contribution in [0, 0.1) is 12.3 Å². The molecule has 3 aromatic rings. The number of pyridine rings is 1. The van der Waals surface area contributed by atoms with E-state index in [1.54, 1.807) is 44.6 Å². The fourth-order valence-corrected chi connectivity index (χ4v) is 3.49. The van der Waals surface area contributed by atoms with Crippen molar-refractivity contribution in [3.05, 3.63) is 41.2 Å². The lowest BCUT2D eigenvalue weighted by Crippen LogP contribution is -2.45. The molecule has 2 heterocycles. The van der Waals surface area contributed by atoms with Gasteiger partial charge in [-0.1, -0.05) is 29.8 Å². The molecule has 2 amide bonds. The molecule has 0 saturated heterocycles. The first-order valence-corrected chi connectivity index (χ1v) is 10.7. The lowest BCUT2D eigenvalue weighted by Gasteiger charge is -2.28. The molecule has 1 atom stereocenters. The predicted molar refractivity (Wildman–Crippen MR) is 129 cm³/mol. The van der Waals surface area contributed by atoms with Gasteiger partial charge in [-0.05, 0) is 39.7 Å². The Kier molecular flexibility index (Phi) is 6.65. The van der Waals surface area contributed by atoms with Gasteiger partial charge in [-0.15, -0.1) is 6.42 Å². The summed E-state index contributed by atoms with van der Waals surface area (Å²) in [6.45, 7) is 6.86. The van der Waals surface area contributed by atoms with Crippen LogP contribution in [-0.2, 0) is 16.6 Å². The summed E-state index contributed by atoms with van der Waals surface area (Å²) in [6.07, 6.45) is 6.78. The monoisotopic (exact) mass is 467 g/mol. The van der Waals surface area contributed by atoms with Crippen molar-refractivity contribution >= 4 is 40.3 Å². The van der Waals surface area contributed by atoms with Crippen LogP contribution >= 0.6 is 11.6 Å². The summed E-state index contributed by atoms with van der Waals surface area (Å²) in [4.78, 5) is 30.7. The molecule has 0 aliphatic rings. The second kappa shape index (κ2) is 9.12. The first-order chi connectivity index (χ1) is 15.4. The smallest absolute Gasteiger partial charge is 0.410 e. The zero-order valence-electron chi connectivity index (χ0n) is 19.4. The second-order valence-electron chi connectivity index (χ2n) is 8.63. The summed E-state index contributed by atoms with van der Waals surface area (Å²) in [5, 5.41) is 8.27. The highest BCUT2D eigenvalue weighted by Gasteiger charge is 2.27. The number of anilines is 1. The number of fused-ring (bicyclic) bond motifs is 1. The summed E-state index contributed by atoms with van der Waals surface area (Å²) in [5.74, 6) is 2.24. The number of carbonyl (C=O) groups is 2. The van der Waals surface area contributed by atoms with E-state index in [0.717, 1.165) is 16.5 Å². The topological polar surface area (TPSA) is 89.3 Å². The maximum absolute atomic E-state index is 12.9. The molecular weight excluding hydrogens is 442 g/mol. The fourth-order valence-electron chi connectivity index (χ4n) is 3.23. The highest BCUT2D eigenvalue weighted by Crippen LogP contribution is 2.36. The van der Waals surface area contributed by atoms with Gasteiger partial charge in [-0.3, -0.25) is 14.4 Å². The molecule has 0 aliphatic heterocycles. The molecule has 0 saturated carbocycles. The molecule has 0 bridgehead atoms. The Hall–Kier alpha value is -3.57. The molecule has 0 fully saturated rings. The first-order valence-electron chi connectivity index (χ1n) is 10.3. The molecule has 1 aromatic carbocycles. The van der Waals surface area contributed by atoms with Gasteiger partial charge in [-0.25, -0.2) is 9.78 Å². The molecule has 33 heavy (non-hydrogen) atoms. The Labute approximate surface area is 197 Å². The normalized spacial score (nSPS) is 12.2. The lowest BCUT2D eigenvalue weighted by atomic mass is 10.0. The van der Waals surface area contributed by atoms with Crippen molar-refractivity contribution in [2.75, 3.05) is 12.4 Å². The zero-order valence-corrected chi connectivity index (χ0v) is 20.2. The Morgan fingerprint density at radius 3 is 2.64 bits per heavy atom. The van der Waals surface area contributed by atoms with Crippen LogP contribution in [0.1, 0.15) is 33.4 Å².